The number of halogens is 1. The van der Waals surface area contributed by atoms with Gasteiger partial charge in [0.15, 0.2) is 0 Å². The Morgan fingerprint density at radius 2 is 2.31 bits per heavy atom. The summed E-state index contributed by atoms with van der Waals surface area (Å²) in [4.78, 5) is 8.40. The summed E-state index contributed by atoms with van der Waals surface area (Å²) >= 11 is 3.30. The van der Waals surface area contributed by atoms with Gasteiger partial charge in [0.2, 0.25) is 0 Å². The Morgan fingerprint density at radius 1 is 1.38 bits per heavy atom. The van der Waals surface area contributed by atoms with Crippen molar-refractivity contribution in [2.75, 3.05) is 6.61 Å². The van der Waals surface area contributed by atoms with Gasteiger partial charge in [-0.1, -0.05) is 0 Å². The van der Waals surface area contributed by atoms with Gasteiger partial charge in [0, 0.05) is 6.61 Å². The number of hydrogen-bond acceptors (Lipinski definition) is 3. The highest BCUT2D eigenvalue weighted by molar-refractivity contribution is 9.10. The van der Waals surface area contributed by atoms with E-state index in [1.165, 1.54) is 6.42 Å². The van der Waals surface area contributed by atoms with E-state index in [9.17, 15) is 0 Å². The number of ether oxygens (including phenoxy) is 1. The Balaban J connectivity index is 2.14. The van der Waals surface area contributed by atoms with Gasteiger partial charge in [-0.15, -0.1) is 0 Å². The summed E-state index contributed by atoms with van der Waals surface area (Å²) in [5.74, 6) is 0. The molecule has 0 radical (unpaired) electrons. The van der Waals surface area contributed by atoms with Crippen molar-refractivity contribution in [1.82, 2.24) is 9.97 Å². The maximum absolute atomic E-state index is 5.60. The third kappa shape index (κ3) is 2.25. The number of hydrogen-bond donors (Lipinski definition) is 0. The van der Waals surface area contributed by atoms with Crippen molar-refractivity contribution in [2.24, 2.45) is 0 Å². The Morgan fingerprint density at radius 3 is 3.00 bits per heavy atom. The smallest absolute Gasteiger partial charge is 0.124 e. The SMILES string of the molecule is Brc1cncc(C2CCCCO2)n1. The summed E-state index contributed by atoms with van der Waals surface area (Å²) in [6, 6.07) is 0. The van der Waals surface area contributed by atoms with Gasteiger partial charge < -0.3 is 4.74 Å². The standard InChI is InChI=1S/C9H11BrN2O/c10-9-6-11-5-7(12-9)8-3-1-2-4-13-8/h5-6,8H,1-4H2. The zero-order valence-corrected chi connectivity index (χ0v) is 8.83. The molecule has 2 rings (SSSR count). The van der Waals surface area contributed by atoms with Crippen molar-refractivity contribution in [3.05, 3.63) is 22.7 Å². The van der Waals surface area contributed by atoms with Crippen LogP contribution in [-0.2, 0) is 4.74 Å². The predicted molar refractivity (Wildman–Crippen MR) is 52.3 cm³/mol. The van der Waals surface area contributed by atoms with E-state index in [4.69, 9.17) is 4.74 Å². The molecule has 0 spiro atoms. The summed E-state index contributed by atoms with van der Waals surface area (Å²) in [6.45, 7) is 0.846. The van der Waals surface area contributed by atoms with Crippen LogP contribution >= 0.6 is 15.9 Å². The normalized spacial score (nSPS) is 23.0. The van der Waals surface area contributed by atoms with Gasteiger partial charge in [0.25, 0.3) is 0 Å². The van der Waals surface area contributed by atoms with Gasteiger partial charge in [-0.05, 0) is 35.2 Å². The Hall–Kier alpha value is -0.480. The molecular formula is C9H11BrN2O. The van der Waals surface area contributed by atoms with Crippen LogP contribution in [0.25, 0.3) is 0 Å². The fourth-order valence-electron chi connectivity index (χ4n) is 1.49. The van der Waals surface area contributed by atoms with Crippen LogP contribution in [0.15, 0.2) is 17.0 Å². The average molecular weight is 243 g/mol. The minimum atomic E-state index is 0.152. The Kier molecular flexibility index (Phi) is 2.90. The number of aromatic nitrogens is 2. The minimum Gasteiger partial charge on any atom is -0.372 e. The van der Waals surface area contributed by atoms with Gasteiger partial charge in [-0.25, -0.2) is 4.98 Å². The maximum Gasteiger partial charge on any atom is 0.124 e. The van der Waals surface area contributed by atoms with Crippen molar-refractivity contribution >= 4 is 15.9 Å². The van der Waals surface area contributed by atoms with Gasteiger partial charge in [0.1, 0.15) is 10.7 Å². The lowest BCUT2D eigenvalue weighted by Gasteiger charge is -2.21. The summed E-state index contributed by atoms with van der Waals surface area (Å²) in [7, 11) is 0. The van der Waals surface area contributed by atoms with Crippen LogP contribution < -0.4 is 0 Å². The van der Waals surface area contributed by atoms with E-state index in [1.54, 1.807) is 12.4 Å². The zero-order valence-electron chi connectivity index (χ0n) is 7.24. The monoisotopic (exact) mass is 242 g/mol. The molecule has 1 aromatic heterocycles. The fourth-order valence-corrected chi connectivity index (χ4v) is 1.81. The second kappa shape index (κ2) is 4.15. The highest BCUT2D eigenvalue weighted by Gasteiger charge is 2.17. The lowest BCUT2D eigenvalue weighted by atomic mass is 10.1. The highest BCUT2D eigenvalue weighted by atomic mass is 79.9. The number of rotatable bonds is 1. The van der Waals surface area contributed by atoms with E-state index in [2.05, 4.69) is 25.9 Å². The van der Waals surface area contributed by atoms with Gasteiger partial charge in [-0.3, -0.25) is 4.98 Å². The molecule has 3 nitrogen and oxygen atoms in total. The molecule has 70 valence electrons. The third-order valence-corrected chi connectivity index (χ3v) is 2.52. The molecule has 0 aromatic carbocycles. The molecule has 0 saturated carbocycles. The van der Waals surface area contributed by atoms with E-state index in [0.29, 0.717) is 0 Å². The molecule has 1 saturated heterocycles. The van der Waals surface area contributed by atoms with Crippen molar-refractivity contribution < 1.29 is 4.74 Å². The Bertz CT molecular complexity index is 287. The molecule has 1 unspecified atom stereocenters. The lowest BCUT2D eigenvalue weighted by Crippen LogP contribution is -2.13. The van der Waals surface area contributed by atoms with Crippen LogP contribution in [0.4, 0.5) is 0 Å². The maximum atomic E-state index is 5.60. The first-order valence-corrected chi connectivity index (χ1v) is 5.24. The molecule has 1 fully saturated rings. The molecule has 0 aliphatic carbocycles. The van der Waals surface area contributed by atoms with Crippen LogP contribution in [0.2, 0.25) is 0 Å². The summed E-state index contributed by atoms with van der Waals surface area (Å²) in [5.41, 5.74) is 0.939. The largest absolute Gasteiger partial charge is 0.372 e. The van der Waals surface area contributed by atoms with E-state index >= 15 is 0 Å². The van der Waals surface area contributed by atoms with Crippen LogP contribution in [0.5, 0.6) is 0 Å². The predicted octanol–water partition coefficient (Wildman–Crippen LogP) is 2.48. The van der Waals surface area contributed by atoms with E-state index in [-0.39, 0.29) is 6.10 Å². The van der Waals surface area contributed by atoms with Crippen molar-refractivity contribution in [3.63, 3.8) is 0 Å². The summed E-state index contributed by atoms with van der Waals surface area (Å²) in [5, 5.41) is 0. The highest BCUT2D eigenvalue weighted by Crippen LogP contribution is 2.26. The van der Waals surface area contributed by atoms with Crippen LogP contribution in [0.3, 0.4) is 0 Å². The summed E-state index contributed by atoms with van der Waals surface area (Å²) in [6.07, 6.45) is 7.06. The minimum absolute atomic E-state index is 0.152. The molecule has 1 atom stereocenters. The zero-order chi connectivity index (χ0) is 9.10. The number of nitrogens with zero attached hydrogens (tertiary/aromatic N) is 2. The lowest BCUT2D eigenvalue weighted by molar-refractivity contribution is 0.0120. The molecule has 13 heavy (non-hydrogen) atoms. The average Bonchev–Trinajstić information content (AvgIpc) is 2.19. The topological polar surface area (TPSA) is 35.0 Å². The molecule has 0 bridgehead atoms. The molecule has 2 heterocycles. The van der Waals surface area contributed by atoms with Crippen LogP contribution in [0.1, 0.15) is 31.1 Å². The summed E-state index contributed by atoms with van der Waals surface area (Å²) < 4.78 is 6.37. The second-order valence-corrected chi connectivity index (χ2v) is 3.93. The molecule has 1 aromatic rings. The van der Waals surface area contributed by atoms with Crippen LogP contribution in [-0.4, -0.2) is 16.6 Å². The first kappa shape index (κ1) is 9.09. The molecule has 0 amide bonds. The molecule has 1 aliphatic heterocycles. The van der Waals surface area contributed by atoms with E-state index in [1.807, 2.05) is 0 Å². The van der Waals surface area contributed by atoms with Crippen molar-refractivity contribution in [1.29, 1.82) is 0 Å². The third-order valence-electron chi connectivity index (χ3n) is 2.13. The van der Waals surface area contributed by atoms with E-state index < -0.39 is 0 Å². The van der Waals surface area contributed by atoms with Gasteiger partial charge >= 0.3 is 0 Å². The van der Waals surface area contributed by atoms with E-state index in [0.717, 1.165) is 29.7 Å². The molecule has 4 heteroatoms. The first-order chi connectivity index (χ1) is 6.36. The Labute approximate surface area is 85.7 Å². The molecule has 0 N–H and O–H groups in total. The van der Waals surface area contributed by atoms with Gasteiger partial charge in [0.05, 0.1) is 18.1 Å². The van der Waals surface area contributed by atoms with Crippen LogP contribution in [0, 0.1) is 0 Å². The quantitative estimate of drug-likeness (QED) is 0.760. The first-order valence-electron chi connectivity index (χ1n) is 4.45. The molecule has 1 aliphatic rings. The van der Waals surface area contributed by atoms with Crippen molar-refractivity contribution in [3.8, 4) is 0 Å². The fraction of sp³-hybridized carbons (Fsp3) is 0.556. The van der Waals surface area contributed by atoms with Gasteiger partial charge in [-0.2, -0.15) is 0 Å². The second-order valence-electron chi connectivity index (χ2n) is 3.12. The van der Waals surface area contributed by atoms with Crippen molar-refractivity contribution in [2.45, 2.75) is 25.4 Å². The molecular weight excluding hydrogens is 232 g/mol.